The Morgan fingerprint density at radius 3 is 2.79 bits per heavy atom. The molecule has 0 unspecified atom stereocenters. The molecule has 4 nitrogen and oxygen atoms in total. The number of anilines is 1. The number of nitrogen functional groups attached to an aromatic ring is 1. The van der Waals surface area contributed by atoms with Crippen LogP contribution in [0.1, 0.15) is 13.8 Å². The van der Waals surface area contributed by atoms with Crippen LogP contribution in [-0.4, -0.2) is 18.3 Å². The van der Waals surface area contributed by atoms with Crippen LogP contribution in [0.4, 0.5) is 5.69 Å². The van der Waals surface area contributed by atoms with Crippen molar-refractivity contribution in [3.8, 4) is 0 Å². The molecule has 0 aliphatic carbocycles. The summed E-state index contributed by atoms with van der Waals surface area (Å²) in [5, 5.41) is 0. The molecule has 14 heavy (non-hydrogen) atoms. The first-order valence-corrected chi connectivity index (χ1v) is 4.45. The van der Waals surface area contributed by atoms with Crippen molar-refractivity contribution in [3.63, 3.8) is 0 Å². The lowest BCUT2D eigenvalue weighted by Crippen LogP contribution is -2.39. The lowest BCUT2D eigenvalue weighted by Gasteiger charge is -2.26. The summed E-state index contributed by atoms with van der Waals surface area (Å²) in [6.07, 6.45) is 1.72. The van der Waals surface area contributed by atoms with Gasteiger partial charge in [0.2, 0.25) is 0 Å². The van der Waals surface area contributed by atoms with E-state index in [4.69, 9.17) is 10.5 Å². The van der Waals surface area contributed by atoms with Crippen LogP contribution >= 0.6 is 0 Å². The number of nitrogens with zero attached hydrogens (tertiary/aromatic N) is 1. The number of hydrogen-bond donors (Lipinski definition) is 1. The van der Waals surface area contributed by atoms with E-state index in [9.17, 15) is 4.79 Å². The summed E-state index contributed by atoms with van der Waals surface area (Å²) in [5.41, 5.74) is 5.25. The van der Waals surface area contributed by atoms with Gasteiger partial charge < -0.3 is 15.0 Å². The van der Waals surface area contributed by atoms with Crippen molar-refractivity contribution < 1.29 is 4.74 Å². The van der Waals surface area contributed by atoms with Crippen molar-refractivity contribution in [2.24, 2.45) is 0 Å². The molecule has 78 valence electrons. The van der Waals surface area contributed by atoms with Crippen LogP contribution in [0.5, 0.6) is 0 Å². The average Bonchev–Trinajstić information content (AvgIpc) is 2.09. The minimum Gasteiger partial charge on any atom is -0.394 e. The zero-order valence-electron chi connectivity index (χ0n) is 8.78. The van der Waals surface area contributed by atoms with Crippen molar-refractivity contribution in [2.75, 3.05) is 19.5 Å². The summed E-state index contributed by atoms with van der Waals surface area (Å²) in [5.74, 6) is 0. The van der Waals surface area contributed by atoms with Crippen molar-refractivity contribution in [2.45, 2.75) is 19.4 Å². The Labute approximate surface area is 83.3 Å². The lowest BCUT2D eigenvalue weighted by molar-refractivity contribution is 0.107. The van der Waals surface area contributed by atoms with E-state index in [0.717, 1.165) is 0 Å². The molecule has 4 heteroatoms. The Kier molecular flexibility index (Phi) is 2.96. The second-order valence-electron chi connectivity index (χ2n) is 3.88. The molecule has 1 aromatic rings. The maximum Gasteiger partial charge on any atom is 0.274 e. The highest BCUT2D eigenvalue weighted by atomic mass is 16.5. The normalized spacial score (nSPS) is 11.6. The fourth-order valence-electron chi connectivity index (χ4n) is 1.41. The molecule has 0 atom stereocenters. The van der Waals surface area contributed by atoms with E-state index in [0.29, 0.717) is 6.61 Å². The van der Waals surface area contributed by atoms with Gasteiger partial charge in [0.25, 0.3) is 5.56 Å². The topological polar surface area (TPSA) is 57.2 Å². The fourth-order valence-corrected chi connectivity index (χ4v) is 1.41. The number of pyridine rings is 1. The highest BCUT2D eigenvalue weighted by molar-refractivity contribution is 5.34. The average molecular weight is 196 g/mol. The summed E-state index contributed by atoms with van der Waals surface area (Å²) in [6, 6.07) is 3.36. The molecule has 0 spiro atoms. The summed E-state index contributed by atoms with van der Waals surface area (Å²) in [4.78, 5) is 11.7. The first-order valence-electron chi connectivity index (χ1n) is 4.45. The maximum absolute atomic E-state index is 11.7. The van der Waals surface area contributed by atoms with E-state index in [2.05, 4.69) is 0 Å². The highest BCUT2D eigenvalue weighted by Gasteiger charge is 2.21. The predicted octanol–water partition coefficient (Wildman–Crippen LogP) is 0.812. The Morgan fingerprint density at radius 1 is 1.57 bits per heavy atom. The lowest BCUT2D eigenvalue weighted by atomic mass is 10.1. The molecular formula is C10H16N2O2. The number of ether oxygens (including phenoxy) is 1. The van der Waals surface area contributed by atoms with E-state index in [1.807, 2.05) is 13.8 Å². The third-order valence-electron chi connectivity index (χ3n) is 2.13. The second kappa shape index (κ2) is 3.84. The van der Waals surface area contributed by atoms with Gasteiger partial charge in [0.05, 0.1) is 17.8 Å². The van der Waals surface area contributed by atoms with Gasteiger partial charge in [-0.3, -0.25) is 4.79 Å². The first kappa shape index (κ1) is 10.8. The number of hydrogen-bond acceptors (Lipinski definition) is 3. The van der Waals surface area contributed by atoms with Crippen LogP contribution in [0.3, 0.4) is 0 Å². The van der Waals surface area contributed by atoms with Crippen molar-refractivity contribution in [3.05, 3.63) is 28.7 Å². The Bertz CT molecular complexity index is 369. The standard InChI is InChI=1S/C10H16N2O2/c1-10(2,7-14-3)12-6-4-5-8(11)9(12)13/h4-6H,7,11H2,1-3H3. The molecule has 0 aliphatic heterocycles. The largest absolute Gasteiger partial charge is 0.394 e. The predicted molar refractivity (Wildman–Crippen MR) is 56.3 cm³/mol. The van der Waals surface area contributed by atoms with Crippen LogP contribution in [0, 0.1) is 0 Å². The zero-order valence-corrected chi connectivity index (χ0v) is 8.78. The summed E-state index contributed by atoms with van der Waals surface area (Å²) < 4.78 is 6.64. The molecule has 0 amide bonds. The molecule has 0 saturated heterocycles. The molecule has 0 aromatic carbocycles. The fraction of sp³-hybridized carbons (Fsp3) is 0.500. The Morgan fingerprint density at radius 2 is 2.21 bits per heavy atom. The van der Waals surface area contributed by atoms with Crippen molar-refractivity contribution in [1.29, 1.82) is 0 Å². The molecule has 2 N–H and O–H groups in total. The number of methoxy groups -OCH3 is 1. The van der Waals surface area contributed by atoms with Gasteiger partial charge in [-0.1, -0.05) is 0 Å². The van der Waals surface area contributed by atoms with Gasteiger partial charge in [0.15, 0.2) is 0 Å². The molecule has 0 bridgehead atoms. The summed E-state index contributed by atoms with van der Waals surface area (Å²) in [6.45, 7) is 4.32. The molecule has 1 heterocycles. The highest BCUT2D eigenvalue weighted by Crippen LogP contribution is 2.12. The van der Waals surface area contributed by atoms with E-state index < -0.39 is 0 Å². The summed E-state index contributed by atoms with van der Waals surface area (Å²) >= 11 is 0. The third-order valence-corrected chi connectivity index (χ3v) is 2.13. The number of nitrogens with two attached hydrogens (primary N) is 1. The van der Waals surface area contributed by atoms with Crippen LogP contribution in [-0.2, 0) is 10.3 Å². The quantitative estimate of drug-likeness (QED) is 0.778. The van der Waals surface area contributed by atoms with Gasteiger partial charge in [-0.05, 0) is 26.0 Å². The number of rotatable bonds is 3. The monoisotopic (exact) mass is 196 g/mol. The van der Waals surface area contributed by atoms with Crippen LogP contribution in [0.25, 0.3) is 0 Å². The Balaban J connectivity index is 3.19. The number of aromatic nitrogens is 1. The first-order chi connectivity index (χ1) is 6.49. The van der Waals surface area contributed by atoms with Crippen molar-refractivity contribution >= 4 is 5.69 Å². The van der Waals surface area contributed by atoms with E-state index in [1.54, 1.807) is 30.0 Å². The SMILES string of the molecule is COCC(C)(C)n1cccc(N)c1=O. The Hall–Kier alpha value is -1.29. The minimum atomic E-state index is -0.374. The molecule has 0 radical (unpaired) electrons. The van der Waals surface area contributed by atoms with Gasteiger partial charge in [-0.15, -0.1) is 0 Å². The third kappa shape index (κ3) is 1.96. The van der Waals surface area contributed by atoms with E-state index in [-0.39, 0.29) is 16.8 Å². The smallest absolute Gasteiger partial charge is 0.274 e. The molecule has 0 aliphatic rings. The van der Waals surface area contributed by atoms with Gasteiger partial charge in [-0.2, -0.15) is 0 Å². The van der Waals surface area contributed by atoms with Gasteiger partial charge in [0, 0.05) is 13.3 Å². The van der Waals surface area contributed by atoms with E-state index in [1.165, 1.54) is 0 Å². The summed E-state index contributed by atoms with van der Waals surface area (Å²) in [7, 11) is 1.61. The molecule has 1 aromatic heterocycles. The molecule has 0 fully saturated rings. The van der Waals surface area contributed by atoms with Gasteiger partial charge in [0.1, 0.15) is 0 Å². The maximum atomic E-state index is 11.7. The van der Waals surface area contributed by atoms with Crippen molar-refractivity contribution in [1.82, 2.24) is 4.57 Å². The molecule has 1 rings (SSSR count). The van der Waals surface area contributed by atoms with Crippen LogP contribution in [0.15, 0.2) is 23.1 Å². The van der Waals surface area contributed by atoms with Gasteiger partial charge in [-0.25, -0.2) is 0 Å². The molecule has 0 saturated carbocycles. The van der Waals surface area contributed by atoms with E-state index >= 15 is 0 Å². The second-order valence-corrected chi connectivity index (χ2v) is 3.88. The zero-order chi connectivity index (χ0) is 10.8. The van der Waals surface area contributed by atoms with Gasteiger partial charge >= 0.3 is 0 Å². The minimum absolute atomic E-state index is 0.172. The van der Waals surface area contributed by atoms with Crippen LogP contribution in [0.2, 0.25) is 0 Å². The van der Waals surface area contributed by atoms with Crippen LogP contribution < -0.4 is 11.3 Å². The molecular weight excluding hydrogens is 180 g/mol.